The molecule has 6 heavy (non-hydrogen) atoms. The van der Waals surface area contributed by atoms with E-state index in [1.54, 1.807) is 0 Å². The van der Waals surface area contributed by atoms with Crippen LogP contribution in [0.2, 0.25) is 0 Å². The molecule has 0 bridgehead atoms. The molecule has 0 aliphatic rings. The third-order valence-corrected chi connectivity index (χ3v) is 0.189. The zero-order valence-corrected chi connectivity index (χ0v) is 3.83. The molecule has 0 amide bonds. The molecule has 0 aromatic heterocycles. The second-order valence-corrected chi connectivity index (χ2v) is 0.630. The van der Waals surface area contributed by atoms with E-state index in [-0.39, 0.29) is 16.8 Å². The summed E-state index contributed by atoms with van der Waals surface area (Å²) in [5, 5.41) is 0. The van der Waals surface area contributed by atoms with Crippen LogP contribution in [0.5, 0.6) is 0 Å². The van der Waals surface area contributed by atoms with Gasteiger partial charge in [0.25, 0.3) is 0 Å². The number of hydrogen-bond donors (Lipinski definition) is 0. The van der Waals surface area contributed by atoms with E-state index in [0.29, 0.717) is 6.29 Å². The predicted octanol–water partition coefficient (Wildman–Crippen LogP) is -1.23. The van der Waals surface area contributed by atoms with Crippen LogP contribution in [0.15, 0.2) is 0 Å². The molecule has 0 saturated heterocycles. The smallest absolute Gasteiger partial charge is 0.134 e. The molecule has 0 aromatic rings. The Hall–Kier alpha value is -0.120. The Labute approximate surface area is 40.5 Å². The van der Waals surface area contributed by atoms with Gasteiger partial charge >= 0.3 is 0 Å². The van der Waals surface area contributed by atoms with E-state index in [9.17, 15) is 0 Å². The highest BCUT2D eigenvalue weighted by atomic mass is 35.5. The SMILES string of the molecule is O.O.O=CCCl. The van der Waals surface area contributed by atoms with Crippen molar-refractivity contribution >= 4 is 17.9 Å². The minimum absolute atomic E-state index is 0. The third kappa shape index (κ3) is 41.6. The molecular weight excluding hydrogens is 107 g/mol. The van der Waals surface area contributed by atoms with Gasteiger partial charge in [0.2, 0.25) is 0 Å². The van der Waals surface area contributed by atoms with Gasteiger partial charge in [-0.25, -0.2) is 0 Å². The van der Waals surface area contributed by atoms with Crippen molar-refractivity contribution in [1.29, 1.82) is 0 Å². The Kier molecular flexibility index (Phi) is 58.5. The summed E-state index contributed by atoms with van der Waals surface area (Å²) < 4.78 is 0. The molecule has 0 radical (unpaired) electrons. The molecule has 40 valence electrons. The first-order chi connectivity index (χ1) is 1.91. The highest BCUT2D eigenvalue weighted by Crippen LogP contribution is 1.57. The second kappa shape index (κ2) is 20.8. The summed E-state index contributed by atoms with van der Waals surface area (Å²) >= 11 is 4.82. The number of hydrogen-bond acceptors (Lipinski definition) is 1. The number of carbonyl (C=O) groups is 1. The van der Waals surface area contributed by atoms with Crippen LogP contribution in [-0.2, 0) is 4.79 Å². The van der Waals surface area contributed by atoms with Crippen molar-refractivity contribution in [3.05, 3.63) is 0 Å². The van der Waals surface area contributed by atoms with Crippen LogP contribution in [0.3, 0.4) is 0 Å². The van der Waals surface area contributed by atoms with Crippen LogP contribution in [0.4, 0.5) is 0 Å². The largest absolute Gasteiger partial charge is 0.412 e. The predicted molar refractivity (Wildman–Crippen MR) is 24.0 cm³/mol. The van der Waals surface area contributed by atoms with Gasteiger partial charge in [0, 0.05) is 0 Å². The number of alkyl halides is 1. The van der Waals surface area contributed by atoms with E-state index in [0.717, 1.165) is 0 Å². The molecular formula is C2H7ClO3. The highest BCUT2D eigenvalue weighted by molar-refractivity contribution is 6.24. The van der Waals surface area contributed by atoms with E-state index >= 15 is 0 Å². The van der Waals surface area contributed by atoms with E-state index in [1.165, 1.54) is 0 Å². The lowest BCUT2D eigenvalue weighted by Gasteiger charge is -1.49. The molecule has 0 heterocycles. The van der Waals surface area contributed by atoms with Crippen LogP contribution < -0.4 is 0 Å². The molecule has 0 fully saturated rings. The van der Waals surface area contributed by atoms with Crippen LogP contribution in [0.25, 0.3) is 0 Å². The topological polar surface area (TPSA) is 80.1 Å². The van der Waals surface area contributed by atoms with Crippen molar-refractivity contribution in [3.63, 3.8) is 0 Å². The maximum Gasteiger partial charge on any atom is 0.134 e. The Bertz CT molecular complexity index is 22.8. The lowest BCUT2D eigenvalue weighted by atomic mass is 10.9. The van der Waals surface area contributed by atoms with Gasteiger partial charge in [-0.3, -0.25) is 0 Å². The number of rotatable bonds is 1. The van der Waals surface area contributed by atoms with Gasteiger partial charge in [-0.1, -0.05) is 0 Å². The number of carbonyl (C=O) groups excluding carboxylic acids is 1. The Morgan fingerprint density at radius 2 is 1.67 bits per heavy atom. The lowest BCUT2D eigenvalue weighted by molar-refractivity contribution is -0.105. The average molecular weight is 115 g/mol. The molecule has 0 unspecified atom stereocenters. The summed E-state index contributed by atoms with van der Waals surface area (Å²) in [6, 6.07) is 0. The van der Waals surface area contributed by atoms with Gasteiger partial charge in [-0.05, 0) is 0 Å². The van der Waals surface area contributed by atoms with Crippen LogP contribution in [0.1, 0.15) is 0 Å². The third-order valence-electron chi connectivity index (χ3n) is 0.0630. The summed E-state index contributed by atoms with van der Waals surface area (Å²) in [6.45, 7) is 0. The molecule has 4 N–H and O–H groups in total. The van der Waals surface area contributed by atoms with Gasteiger partial charge in [0.05, 0.1) is 5.88 Å². The molecule has 4 heteroatoms. The van der Waals surface area contributed by atoms with E-state index < -0.39 is 0 Å². The van der Waals surface area contributed by atoms with Gasteiger partial charge in [-0.15, -0.1) is 11.6 Å². The van der Waals surface area contributed by atoms with Crippen molar-refractivity contribution in [3.8, 4) is 0 Å². The van der Waals surface area contributed by atoms with Crippen molar-refractivity contribution in [2.45, 2.75) is 0 Å². The molecule has 0 aromatic carbocycles. The maximum absolute atomic E-state index is 9.04. The summed E-state index contributed by atoms with van der Waals surface area (Å²) in [6.07, 6.45) is 0.640. The van der Waals surface area contributed by atoms with E-state index in [1.807, 2.05) is 0 Å². The summed E-state index contributed by atoms with van der Waals surface area (Å²) in [4.78, 5) is 9.04. The molecule has 3 nitrogen and oxygen atoms in total. The van der Waals surface area contributed by atoms with Gasteiger partial charge < -0.3 is 15.7 Å². The molecule has 0 saturated carbocycles. The monoisotopic (exact) mass is 114 g/mol. The first-order valence-electron chi connectivity index (χ1n) is 0.911. The van der Waals surface area contributed by atoms with E-state index in [2.05, 4.69) is 0 Å². The summed E-state index contributed by atoms with van der Waals surface area (Å²) in [5.41, 5.74) is 0. The minimum Gasteiger partial charge on any atom is -0.412 e. The van der Waals surface area contributed by atoms with Crippen molar-refractivity contribution in [1.82, 2.24) is 0 Å². The Morgan fingerprint density at radius 3 is 1.67 bits per heavy atom. The second-order valence-electron chi connectivity index (χ2n) is 0.321. The maximum atomic E-state index is 9.04. The Morgan fingerprint density at radius 1 is 1.50 bits per heavy atom. The molecule has 0 aliphatic heterocycles. The first-order valence-corrected chi connectivity index (χ1v) is 1.45. The highest BCUT2D eigenvalue weighted by Gasteiger charge is 1.55. The fourth-order valence-corrected chi connectivity index (χ4v) is 0. The first kappa shape index (κ1) is 16.9. The van der Waals surface area contributed by atoms with Gasteiger partial charge in [-0.2, -0.15) is 0 Å². The summed E-state index contributed by atoms with van der Waals surface area (Å²) in [5.74, 6) is 0.111. The van der Waals surface area contributed by atoms with Crippen molar-refractivity contribution in [2.75, 3.05) is 5.88 Å². The van der Waals surface area contributed by atoms with Crippen LogP contribution >= 0.6 is 11.6 Å². The average Bonchev–Trinajstić information content (AvgIpc) is 1.37. The zero-order chi connectivity index (χ0) is 3.41. The van der Waals surface area contributed by atoms with Gasteiger partial charge in [0.1, 0.15) is 6.29 Å². The standard InChI is InChI=1S/C2H3ClO.2H2O/c3-1-2-4;;/h2H,1H2;2*1H2. The molecule has 0 rings (SSSR count). The van der Waals surface area contributed by atoms with Crippen LogP contribution in [-0.4, -0.2) is 23.1 Å². The normalized spacial score (nSPS) is 4.17. The van der Waals surface area contributed by atoms with Gasteiger partial charge in [0.15, 0.2) is 0 Å². The van der Waals surface area contributed by atoms with Crippen LogP contribution in [0, 0.1) is 0 Å². The quantitative estimate of drug-likeness (QED) is 0.311. The minimum atomic E-state index is 0. The van der Waals surface area contributed by atoms with E-state index in [4.69, 9.17) is 16.4 Å². The number of aldehydes is 1. The molecule has 0 atom stereocenters. The number of halogens is 1. The van der Waals surface area contributed by atoms with Crippen molar-refractivity contribution in [2.24, 2.45) is 0 Å². The zero-order valence-electron chi connectivity index (χ0n) is 3.07. The summed E-state index contributed by atoms with van der Waals surface area (Å²) in [7, 11) is 0. The molecule has 0 spiro atoms. The lowest BCUT2D eigenvalue weighted by Crippen LogP contribution is -1.63. The Balaban J connectivity index is -0.0000000450. The molecule has 0 aliphatic carbocycles. The van der Waals surface area contributed by atoms with Crippen molar-refractivity contribution < 1.29 is 15.7 Å². The fourth-order valence-electron chi connectivity index (χ4n) is 0. The fraction of sp³-hybridized carbons (Fsp3) is 0.500.